The molecule has 1 heterocycles. The highest BCUT2D eigenvalue weighted by Crippen LogP contribution is 2.26. The van der Waals surface area contributed by atoms with Crippen LogP contribution in [0, 0.1) is 11.3 Å². The molecule has 0 aliphatic carbocycles. The first-order valence-corrected chi connectivity index (χ1v) is 5.86. The molecule has 0 spiro atoms. The predicted octanol–water partition coefficient (Wildman–Crippen LogP) is 2.33. The first-order chi connectivity index (χ1) is 9.11. The number of carbonyl (C=O) groups excluding carboxylic acids is 1. The van der Waals surface area contributed by atoms with Crippen LogP contribution in [-0.4, -0.2) is 10.8 Å². The van der Waals surface area contributed by atoms with E-state index in [0.29, 0.717) is 16.9 Å². The fraction of sp³-hybridized carbons (Fsp3) is 0.133. The summed E-state index contributed by atoms with van der Waals surface area (Å²) in [4.78, 5) is 15.4. The molecule has 1 aromatic carbocycles. The van der Waals surface area contributed by atoms with E-state index in [1.54, 1.807) is 6.07 Å². The van der Waals surface area contributed by atoms with Crippen molar-refractivity contribution in [1.29, 1.82) is 5.26 Å². The fourth-order valence-corrected chi connectivity index (χ4v) is 1.90. The third kappa shape index (κ3) is 2.78. The lowest BCUT2D eigenvalue weighted by Crippen LogP contribution is -2.05. The zero-order valence-electron chi connectivity index (χ0n) is 10.6. The van der Waals surface area contributed by atoms with Crippen molar-refractivity contribution >= 4 is 11.5 Å². The van der Waals surface area contributed by atoms with Gasteiger partial charge in [-0.3, -0.25) is 4.79 Å². The highest BCUT2D eigenvalue weighted by molar-refractivity contribution is 5.80. The van der Waals surface area contributed by atoms with E-state index in [9.17, 15) is 4.79 Å². The number of nitrogens with two attached hydrogens (primary N) is 1. The lowest BCUT2D eigenvalue weighted by molar-refractivity contribution is -0.116. The molecule has 4 heteroatoms. The van der Waals surface area contributed by atoms with E-state index in [-0.39, 0.29) is 17.9 Å². The summed E-state index contributed by atoms with van der Waals surface area (Å²) in [5.74, 6) is -0.0230. The molecule has 4 nitrogen and oxygen atoms in total. The molecule has 94 valence electrons. The molecule has 0 amide bonds. The number of rotatable bonds is 3. The van der Waals surface area contributed by atoms with E-state index in [0.717, 1.165) is 5.56 Å². The molecule has 19 heavy (non-hydrogen) atoms. The second kappa shape index (κ2) is 5.32. The van der Waals surface area contributed by atoms with Crippen LogP contribution in [0.25, 0.3) is 11.3 Å². The van der Waals surface area contributed by atoms with Crippen LogP contribution in [0.5, 0.6) is 0 Å². The van der Waals surface area contributed by atoms with Crippen molar-refractivity contribution < 1.29 is 4.79 Å². The van der Waals surface area contributed by atoms with Crippen molar-refractivity contribution in [2.45, 2.75) is 13.3 Å². The van der Waals surface area contributed by atoms with Crippen molar-refractivity contribution in [2.24, 2.45) is 0 Å². The van der Waals surface area contributed by atoms with Gasteiger partial charge >= 0.3 is 0 Å². The summed E-state index contributed by atoms with van der Waals surface area (Å²) in [5.41, 5.74) is 8.70. The number of aromatic nitrogens is 1. The first kappa shape index (κ1) is 12.8. The molecule has 2 aromatic rings. The molecule has 0 aliphatic heterocycles. The molecular weight excluding hydrogens is 238 g/mol. The van der Waals surface area contributed by atoms with Crippen molar-refractivity contribution in [1.82, 2.24) is 4.98 Å². The Morgan fingerprint density at radius 2 is 2.05 bits per heavy atom. The van der Waals surface area contributed by atoms with Gasteiger partial charge in [-0.05, 0) is 18.6 Å². The molecular formula is C15H13N3O. The van der Waals surface area contributed by atoms with Crippen molar-refractivity contribution in [3.63, 3.8) is 0 Å². The molecule has 0 radical (unpaired) electrons. The first-order valence-electron chi connectivity index (χ1n) is 5.86. The molecule has 1 aromatic heterocycles. The third-order valence-electron chi connectivity index (χ3n) is 2.72. The number of carbonyl (C=O) groups is 1. The highest BCUT2D eigenvalue weighted by atomic mass is 16.1. The second-order valence-electron chi connectivity index (χ2n) is 4.29. The largest absolute Gasteiger partial charge is 0.397 e. The maximum atomic E-state index is 11.2. The Balaban J connectivity index is 2.55. The maximum absolute atomic E-state index is 11.2. The van der Waals surface area contributed by atoms with Gasteiger partial charge in [-0.1, -0.05) is 30.3 Å². The molecule has 0 saturated carbocycles. The van der Waals surface area contributed by atoms with Crippen LogP contribution in [0.4, 0.5) is 5.69 Å². The summed E-state index contributed by atoms with van der Waals surface area (Å²) in [7, 11) is 0. The van der Waals surface area contributed by atoms with Crippen LogP contribution in [0.3, 0.4) is 0 Å². The number of Topliss-reactive ketones (excluding diaryl/α,β-unsaturated/α-hetero) is 1. The Hall–Kier alpha value is -2.67. The summed E-state index contributed by atoms with van der Waals surface area (Å²) < 4.78 is 0. The topological polar surface area (TPSA) is 79.8 Å². The minimum atomic E-state index is -0.0230. The van der Waals surface area contributed by atoms with Gasteiger partial charge in [0.05, 0.1) is 11.4 Å². The van der Waals surface area contributed by atoms with Gasteiger partial charge in [0.2, 0.25) is 0 Å². The fourth-order valence-electron chi connectivity index (χ4n) is 1.90. The Morgan fingerprint density at radius 1 is 1.37 bits per heavy atom. The minimum Gasteiger partial charge on any atom is -0.397 e. The zero-order valence-corrected chi connectivity index (χ0v) is 10.6. The lowest BCUT2D eigenvalue weighted by atomic mass is 10.0. The number of ketones is 1. The Kier molecular flexibility index (Phi) is 3.58. The van der Waals surface area contributed by atoms with E-state index in [1.165, 1.54) is 6.92 Å². The average molecular weight is 251 g/mol. The van der Waals surface area contributed by atoms with E-state index in [1.807, 2.05) is 36.4 Å². The van der Waals surface area contributed by atoms with Crippen LogP contribution < -0.4 is 5.73 Å². The standard InChI is InChI=1S/C15H13N3O/c1-10(19)7-12-8-13(17)15(18-14(12)9-16)11-5-3-2-4-6-11/h2-6,8H,7,17H2,1H3. The molecule has 0 unspecified atom stereocenters. The van der Waals surface area contributed by atoms with Gasteiger partial charge in [-0.15, -0.1) is 0 Å². The van der Waals surface area contributed by atoms with E-state index >= 15 is 0 Å². The van der Waals surface area contributed by atoms with Crippen molar-refractivity contribution in [2.75, 3.05) is 5.73 Å². The Bertz CT molecular complexity index is 657. The van der Waals surface area contributed by atoms with Gasteiger partial charge in [0, 0.05) is 12.0 Å². The van der Waals surface area contributed by atoms with Gasteiger partial charge in [0.15, 0.2) is 0 Å². The smallest absolute Gasteiger partial charge is 0.144 e. The number of hydrogen-bond donors (Lipinski definition) is 1. The number of nitrogen functional groups attached to an aromatic ring is 1. The quantitative estimate of drug-likeness (QED) is 0.907. The Morgan fingerprint density at radius 3 is 2.63 bits per heavy atom. The van der Waals surface area contributed by atoms with Gasteiger partial charge in [0.25, 0.3) is 0 Å². The van der Waals surface area contributed by atoms with Crippen LogP contribution >= 0.6 is 0 Å². The van der Waals surface area contributed by atoms with Gasteiger partial charge in [-0.2, -0.15) is 5.26 Å². The number of anilines is 1. The van der Waals surface area contributed by atoms with E-state index in [4.69, 9.17) is 11.0 Å². The number of hydrogen-bond acceptors (Lipinski definition) is 4. The van der Waals surface area contributed by atoms with Crippen molar-refractivity contribution in [3.05, 3.63) is 47.7 Å². The molecule has 0 fully saturated rings. The average Bonchev–Trinajstić information content (AvgIpc) is 2.39. The zero-order chi connectivity index (χ0) is 13.8. The molecule has 0 bridgehead atoms. The number of pyridine rings is 1. The molecule has 0 atom stereocenters. The number of nitriles is 1. The van der Waals surface area contributed by atoms with Gasteiger partial charge in [-0.25, -0.2) is 4.98 Å². The molecule has 2 N–H and O–H groups in total. The van der Waals surface area contributed by atoms with Crippen LogP contribution in [0.1, 0.15) is 18.2 Å². The molecule has 0 saturated heterocycles. The van der Waals surface area contributed by atoms with Gasteiger partial charge < -0.3 is 5.73 Å². The number of nitrogens with zero attached hydrogens (tertiary/aromatic N) is 2. The maximum Gasteiger partial charge on any atom is 0.144 e. The highest BCUT2D eigenvalue weighted by Gasteiger charge is 2.12. The van der Waals surface area contributed by atoms with Gasteiger partial charge in [0.1, 0.15) is 17.5 Å². The monoisotopic (exact) mass is 251 g/mol. The predicted molar refractivity (Wildman–Crippen MR) is 73.2 cm³/mol. The van der Waals surface area contributed by atoms with Crippen LogP contribution in [0.2, 0.25) is 0 Å². The summed E-state index contributed by atoms with van der Waals surface area (Å²) in [6, 6.07) is 13.1. The Labute approximate surface area is 111 Å². The van der Waals surface area contributed by atoms with Crippen molar-refractivity contribution in [3.8, 4) is 17.3 Å². The summed E-state index contributed by atoms with van der Waals surface area (Å²) in [6.07, 6.45) is 0.176. The third-order valence-corrected chi connectivity index (χ3v) is 2.72. The normalized spacial score (nSPS) is 9.89. The minimum absolute atomic E-state index is 0.0230. The number of benzene rings is 1. The molecule has 0 aliphatic rings. The van der Waals surface area contributed by atoms with Crippen LogP contribution in [0.15, 0.2) is 36.4 Å². The van der Waals surface area contributed by atoms with E-state index < -0.39 is 0 Å². The SMILES string of the molecule is CC(=O)Cc1cc(N)c(-c2ccccc2)nc1C#N. The molecule has 2 rings (SSSR count). The second-order valence-corrected chi connectivity index (χ2v) is 4.29. The summed E-state index contributed by atoms with van der Waals surface area (Å²) >= 11 is 0. The summed E-state index contributed by atoms with van der Waals surface area (Å²) in [6.45, 7) is 1.47. The summed E-state index contributed by atoms with van der Waals surface area (Å²) in [5, 5.41) is 9.13. The lowest BCUT2D eigenvalue weighted by Gasteiger charge is -2.09. The van der Waals surface area contributed by atoms with Crippen LogP contribution in [-0.2, 0) is 11.2 Å². The van der Waals surface area contributed by atoms with E-state index in [2.05, 4.69) is 4.98 Å².